The van der Waals surface area contributed by atoms with Crippen LogP contribution in [0.15, 0.2) is 22.7 Å². The second-order valence-electron chi connectivity index (χ2n) is 5.68. The molecule has 1 aromatic carbocycles. The van der Waals surface area contributed by atoms with Gasteiger partial charge in [0, 0.05) is 16.9 Å². The Morgan fingerprint density at radius 2 is 2.00 bits per heavy atom. The molecule has 2 rings (SSSR count). The Morgan fingerprint density at radius 3 is 2.62 bits per heavy atom. The number of methoxy groups -OCH3 is 1. The summed E-state index contributed by atoms with van der Waals surface area (Å²) >= 11 is 3.30. The quantitative estimate of drug-likeness (QED) is 0.538. The Labute approximate surface area is 149 Å². The fraction of sp³-hybridized carbons (Fsp3) is 0.471. The van der Waals surface area contributed by atoms with E-state index < -0.39 is 12.1 Å². The summed E-state index contributed by atoms with van der Waals surface area (Å²) < 4.78 is 11.0. The molecule has 1 saturated carbocycles. The topological polar surface area (TPSA) is 81.7 Å². The average molecular weight is 398 g/mol. The van der Waals surface area contributed by atoms with Gasteiger partial charge in [0.25, 0.3) is 5.91 Å². The molecular weight excluding hydrogens is 378 g/mol. The van der Waals surface area contributed by atoms with Crippen molar-refractivity contribution >= 4 is 33.6 Å². The summed E-state index contributed by atoms with van der Waals surface area (Å²) in [5.41, 5.74) is 0.402. The van der Waals surface area contributed by atoms with Crippen LogP contribution in [-0.4, -0.2) is 36.9 Å². The van der Waals surface area contributed by atoms with Crippen LogP contribution in [0.5, 0.6) is 5.75 Å². The molecule has 0 bridgehead atoms. The Bertz CT molecular complexity index is 642. The minimum Gasteiger partial charge on any atom is -0.496 e. The van der Waals surface area contributed by atoms with Crippen LogP contribution in [0.1, 0.15) is 43.0 Å². The molecule has 0 heterocycles. The fourth-order valence-corrected chi connectivity index (χ4v) is 2.47. The van der Waals surface area contributed by atoms with Crippen LogP contribution in [0, 0.1) is 0 Å². The molecule has 1 unspecified atom stereocenters. The van der Waals surface area contributed by atoms with E-state index in [1.165, 1.54) is 14.0 Å². The lowest BCUT2D eigenvalue weighted by Crippen LogP contribution is -2.37. The van der Waals surface area contributed by atoms with E-state index in [-0.39, 0.29) is 30.6 Å². The number of benzene rings is 1. The van der Waals surface area contributed by atoms with E-state index in [1.807, 2.05) is 0 Å². The molecule has 130 valence electrons. The third kappa shape index (κ3) is 5.33. The van der Waals surface area contributed by atoms with Gasteiger partial charge in [0.2, 0.25) is 0 Å². The lowest BCUT2D eigenvalue weighted by molar-refractivity contribution is -0.154. The van der Waals surface area contributed by atoms with Crippen LogP contribution >= 0.6 is 15.9 Å². The van der Waals surface area contributed by atoms with E-state index >= 15 is 0 Å². The van der Waals surface area contributed by atoms with E-state index in [2.05, 4.69) is 21.2 Å². The van der Waals surface area contributed by atoms with E-state index in [4.69, 9.17) is 9.47 Å². The van der Waals surface area contributed by atoms with Crippen LogP contribution < -0.4 is 10.1 Å². The molecule has 0 spiro atoms. The number of halogens is 1. The summed E-state index contributed by atoms with van der Waals surface area (Å²) in [7, 11) is 1.48. The zero-order valence-electron chi connectivity index (χ0n) is 13.6. The molecule has 1 aliphatic carbocycles. The highest BCUT2D eigenvalue weighted by molar-refractivity contribution is 9.10. The maximum absolute atomic E-state index is 12.3. The molecule has 1 aromatic rings. The Morgan fingerprint density at radius 1 is 1.29 bits per heavy atom. The van der Waals surface area contributed by atoms with Crippen LogP contribution in [0.3, 0.4) is 0 Å². The second kappa shape index (κ2) is 8.28. The number of ether oxygens (including phenoxy) is 2. The van der Waals surface area contributed by atoms with Crippen molar-refractivity contribution in [3.63, 3.8) is 0 Å². The molecule has 0 radical (unpaired) electrons. The van der Waals surface area contributed by atoms with E-state index in [0.717, 1.165) is 17.3 Å². The second-order valence-corrected chi connectivity index (χ2v) is 6.60. The van der Waals surface area contributed by atoms with Crippen molar-refractivity contribution in [1.29, 1.82) is 0 Å². The van der Waals surface area contributed by atoms with Crippen molar-refractivity contribution in [3.8, 4) is 5.75 Å². The van der Waals surface area contributed by atoms with Crippen LogP contribution in [-0.2, 0) is 14.3 Å². The van der Waals surface area contributed by atoms with Gasteiger partial charge in [-0.15, -0.1) is 0 Å². The fourth-order valence-electron chi connectivity index (χ4n) is 2.10. The van der Waals surface area contributed by atoms with E-state index in [1.54, 1.807) is 18.2 Å². The summed E-state index contributed by atoms with van der Waals surface area (Å²) in [6.45, 7) is 1.52. The first-order valence-corrected chi connectivity index (χ1v) is 8.56. The van der Waals surface area contributed by atoms with E-state index in [9.17, 15) is 14.4 Å². The minimum atomic E-state index is -0.853. The standard InChI is InChI=1S/C17H20BrNO5/c1-10(17(22)19-12-4-5-12)24-16(21)8-6-14(20)13-9-11(18)3-7-15(13)23-2/h3,7,9-10,12H,4-6,8H2,1-2H3,(H,19,22). The number of esters is 1. The number of carbonyl (C=O) groups excluding carboxylic acids is 3. The number of nitrogens with one attached hydrogen (secondary N) is 1. The molecule has 7 heteroatoms. The molecular formula is C17H20BrNO5. The van der Waals surface area contributed by atoms with Gasteiger partial charge in [-0.25, -0.2) is 0 Å². The molecule has 1 atom stereocenters. The smallest absolute Gasteiger partial charge is 0.307 e. The van der Waals surface area contributed by atoms with Gasteiger partial charge < -0.3 is 14.8 Å². The lowest BCUT2D eigenvalue weighted by Gasteiger charge is -2.13. The number of rotatable bonds is 8. The number of hydrogen-bond donors (Lipinski definition) is 1. The predicted octanol–water partition coefficient (Wildman–Crippen LogP) is 2.63. The largest absolute Gasteiger partial charge is 0.496 e. The molecule has 1 N–H and O–H groups in total. The normalized spacial score (nSPS) is 14.6. The van der Waals surface area contributed by atoms with Gasteiger partial charge in [-0.3, -0.25) is 14.4 Å². The summed E-state index contributed by atoms with van der Waals surface area (Å²) in [5, 5.41) is 2.77. The van der Waals surface area contributed by atoms with Gasteiger partial charge in [-0.1, -0.05) is 15.9 Å². The number of carbonyl (C=O) groups is 3. The van der Waals surface area contributed by atoms with Crippen molar-refractivity contribution in [2.45, 2.75) is 44.8 Å². The van der Waals surface area contributed by atoms with Crippen LogP contribution in [0.4, 0.5) is 0 Å². The third-order valence-corrected chi connectivity index (χ3v) is 4.11. The summed E-state index contributed by atoms with van der Waals surface area (Å²) in [6, 6.07) is 5.31. The molecule has 6 nitrogen and oxygen atoms in total. The van der Waals surface area contributed by atoms with Crippen molar-refractivity contribution in [2.75, 3.05) is 7.11 Å². The molecule has 1 fully saturated rings. The highest BCUT2D eigenvalue weighted by Gasteiger charge is 2.27. The minimum absolute atomic E-state index is 0.0113. The van der Waals surface area contributed by atoms with Crippen LogP contribution in [0.2, 0.25) is 0 Å². The van der Waals surface area contributed by atoms with Gasteiger partial charge in [0.1, 0.15) is 5.75 Å². The maximum atomic E-state index is 12.3. The van der Waals surface area contributed by atoms with Gasteiger partial charge in [0.15, 0.2) is 11.9 Å². The average Bonchev–Trinajstić information content (AvgIpc) is 3.36. The van der Waals surface area contributed by atoms with Gasteiger partial charge >= 0.3 is 5.97 Å². The maximum Gasteiger partial charge on any atom is 0.307 e. The number of Topliss-reactive ketones (excluding diaryl/α,β-unsaturated/α-hetero) is 1. The SMILES string of the molecule is COc1ccc(Br)cc1C(=O)CCC(=O)OC(C)C(=O)NC1CC1. The number of ketones is 1. The number of amides is 1. The van der Waals surface area contributed by atoms with Crippen molar-refractivity contribution in [2.24, 2.45) is 0 Å². The third-order valence-electron chi connectivity index (χ3n) is 3.62. The first-order chi connectivity index (χ1) is 11.4. The van der Waals surface area contributed by atoms with Gasteiger partial charge in [-0.2, -0.15) is 0 Å². The predicted molar refractivity (Wildman–Crippen MR) is 91.0 cm³/mol. The molecule has 1 amide bonds. The molecule has 0 saturated heterocycles. The Balaban J connectivity index is 1.83. The molecule has 24 heavy (non-hydrogen) atoms. The Kier molecular flexibility index (Phi) is 6.36. The Hall–Kier alpha value is -1.89. The highest BCUT2D eigenvalue weighted by atomic mass is 79.9. The lowest BCUT2D eigenvalue weighted by atomic mass is 10.1. The van der Waals surface area contributed by atoms with E-state index in [0.29, 0.717) is 11.3 Å². The highest BCUT2D eigenvalue weighted by Crippen LogP contribution is 2.24. The monoisotopic (exact) mass is 397 g/mol. The molecule has 0 aromatic heterocycles. The summed E-state index contributed by atoms with van der Waals surface area (Å²) in [4.78, 5) is 35.8. The van der Waals surface area contributed by atoms with Crippen molar-refractivity contribution in [3.05, 3.63) is 28.2 Å². The molecule has 1 aliphatic rings. The zero-order chi connectivity index (χ0) is 17.7. The number of hydrogen-bond acceptors (Lipinski definition) is 5. The van der Waals surface area contributed by atoms with Gasteiger partial charge in [-0.05, 0) is 38.0 Å². The molecule has 0 aliphatic heterocycles. The van der Waals surface area contributed by atoms with Crippen LogP contribution in [0.25, 0.3) is 0 Å². The van der Waals surface area contributed by atoms with Crippen molar-refractivity contribution in [1.82, 2.24) is 5.32 Å². The first-order valence-electron chi connectivity index (χ1n) is 7.77. The van der Waals surface area contributed by atoms with Gasteiger partial charge in [0.05, 0.1) is 19.1 Å². The summed E-state index contributed by atoms with van der Waals surface area (Å²) in [5.74, 6) is -0.643. The zero-order valence-corrected chi connectivity index (χ0v) is 15.2. The first kappa shape index (κ1) is 18.4. The van der Waals surface area contributed by atoms with Crippen molar-refractivity contribution < 1.29 is 23.9 Å². The summed E-state index contributed by atoms with van der Waals surface area (Å²) in [6.07, 6.45) is 0.983.